The van der Waals surface area contributed by atoms with E-state index in [4.69, 9.17) is 0 Å². The Hall–Kier alpha value is -0.580. The Labute approximate surface area is 122 Å². The first-order valence-electron chi connectivity index (χ1n) is 7.24. The molecule has 108 valence electrons. The second-order valence-electron chi connectivity index (χ2n) is 5.91. The highest BCUT2D eigenvalue weighted by Gasteiger charge is 2.38. The Kier molecular flexibility index (Phi) is 4.87. The van der Waals surface area contributed by atoms with Crippen molar-refractivity contribution in [1.29, 1.82) is 0 Å². The molecule has 4 nitrogen and oxygen atoms in total. The molecule has 5 heteroatoms. The topological polar surface area (TPSA) is 33.1 Å². The largest absolute Gasteiger partial charge is 0.317 e. The summed E-state index contributed by atoms with van der Waals surface area (Å²) >= 11 is 0. The first kappa shape index (κ1) is 14.8. The summed E-state index contributed by atoms with van der Waals surface area (Å²) in [5.41, 5.74) is 1.98. The standard InChI is InChI=1S/C14H24N4.ClH/c1-2-18-11-13(9-16-18)10-17-8-5-14(12-17)3-6-15-7-4-14;/h9,11,15H,2-8,10,12H2,1H3;1H. The Morgan fingerprint density at radius 2 is 2.11 bits per heavy atom. The molecular formula is C14H25ClN4. The molecule has 1 spiro atoms. The molecule has 0 aromatic carbocycles. The number of aromatic nitrogens is 2. The predicted octanol–water partition coefficient (Wildman–Crippen LogP) is 1.90. The van der Waals surface area contributed by atoms with Crippen LogP contribution in [0.25, 0.3) is 0 Å². The maximum atomic E-state index is 4.36. The lowest BCUT2D eigenvalue weighted by atomic mass is 9.78. The van der Waals surface area contributed by atoms with E-state index in [9.17, 15) is 0 Å². The van der Waals surface area contributed by atoms with Crippen LogP contribution in [0.3, 0.4) is 0 Å². The van der Waals surface area contributed by atoms with Gasteiger partial charge in [-0.05, 0) is 51.2 Å². The molecule has 3 heterocycles. The Morgan fingerprint density at radius 3 is 2.79 bits per heavy atom. The lowest BCUT2D eigenvalue weighted by molar-refractivity contribution is 0.194. The monoisotopic (exact) mass is 284 g/mol. The van der Waals surface area contributed by atoms with Gasteiger partial charge < -0.3 is 5.32 Å². The molecule has 2 saturated heterocycles. The van der Waals surface area contributed by atoms with Gasteiger partial charge in [0.05, 0.1) is 6.20 Å². The van der Waals surface area contributed by atoms with Gasteiger partial charge in [0, 0.05) is 31.4 Å². The highest BCUT2D eigenvalue weighted by molar-refractivity contribution is 5.85. The normalized spacial score (nSPS) is 22.6. The fourth-order valence-corrected chi connectivity index (χ4v) is 3.45. The highest BCUT2D eigenvalue weighted by Crippen LogP contribution is 2.38. The van der Waals surface area contributed by atoms with Gasteiger partial charge in [0.15, 0.2) is 0 Å². The first-order chi connectivity index (χ1) is 8.80. The van der Waals surface area contributed by atoms with Crippen LogP contribution in [0.4, 0.5) is 0 Å². The van der Waals surface area contributed by atoms with E-state index in [-0.39, 0.29) is 12.4 Å². The molecule has 3 rings (SSSR count). The third kappa shape index (κ3) is 3.30. The molecule has 1 aromatic rings. The van der Waals surface area contributed by atoms with E-state index in [1.807, 2.05) is 10.9 Å². The number of hydrogen-bond acceptors (Lipinski definition) is 3. The number of halogens is 1. The second kappa shape index (κ2) is 6.25. The number of aryl methyl sites for hydroxylation is 1. The summed E-state index contributed by atoms with van der Waals surface area (Å²) in [6.45, 7) is 9.15. The molecular weight excluding hydrogens is 260 g/mol. The average Bonchev–Trinajstić information content (AvgIpc) is 2.99. The summed E-state index contributed by atoms with van der Waals surface area (Å²) in [5, 5.41) is 7.84. The van der Waals surface area contributed by atoms with Gasteiger partial charge >= 0.3 is 0 Å². The number of rotatable bonds is 3. The number of likely N-dealkylation sites (tertiary alicyclic amines) is 1. The molecule has 1 N–H and O–H groups in total. The van der Waals surface area contributed by atoms with E-state index < -0.39 is 0 Å². The van der Waals surface area contributed by atoms with Crippen molar-refractivity contribution in [2.45, 2.75) is 39.3 Å². The maximum Gasteiger partial charge on any atom is 0.0534 e. The molecule has 0 radical (unpaired) electrons. The fourth-order valence-electron chi connectivity index (χ4n) is 3.45. The van der Waals surface area contributed by atoms with Crippen LogP contribution < -0.4 is 5.32 Å². The molecule has 0 unspecified atom stereocenters. The summed E-state index contributed by atoms with van der Waals surface area (Å²) in [7, 11) is 0. The van der Waals surface area contributed by atoms with Crippen LogP contribution in [0.5, 0.6) is 0 Å². The van der Waals surface area contributed by atoms with Gasteiger partial charge in [0.1, 0.15) is 0 Å². The summed E-state index contributed by atoms with van der Waals surface area (Å²) < 4.78 is 2.02. The number of hydrogen-bond donors (Lipinski definition) is 1. The molecule has 0 aliphatic carbocycles. The van der Waals surface area contributed by atoms with Crippen molar-refractivity contribution < 1.29 is 0 Å². The van der Waals surface area contributed by atoms with Crippen molar-refractivity contribution in [1.82, 2.24) is 20.0 Å². The van der Waals surface area contributed by atoms with Gasteiger partial charge in [-0.1, -0.05) is 0 Å². The molecule has 0 bridgehead atoms. The first-order valence-corrected chi connectivity index (χ1v) is 7.24. The summed E-state index contributed by atoms with van der Waals surface area (Å²) in [6.07, 6.45) is 8.32. The van der Waals surface area contributed by atoms with Gasteiger partial charge in [0.2, 0.25) is 0 Å². The number of piperidine rings is 1. The Morgan fingerprint density at radius 1 is 1.32 bits per heavy atom. The zero-order valence-corrected chi connectivity index (χ0v) is 12.6. The van der Waals surface area contributed by atoms with Crippen LogP contribution in [0.2, 0.25) is 0 Å². The van der Waals surface area contributed by atoms with Crippen LogP contribution in [-0.4, -0.2) is 40.9 Å². The van der Waals surface area contributed by atoms with Crippen LogP contribution in [0, 0.1) is 5.41 Å². The molecule has 0 atom stereocenters. The summed E-state index contributed by atoms with van der Waals surface area (Å²) in [5.74, 6) is 0. The maximum absolute atomic E-state index is 4.36. The predicted molar refractivity (Wildman–Crippen MR) is 79.6 cm³/mol. The van der Waals surface area contributed by atoms with Gasteiger partial charge in [-0.25, -0.2) is 0 Å². The minimum atomic E-state index is 0. The third-order valence-corrected chi connectivity index (χ3v) is 4.60. The Bertz CT molecular complexity index is 398. The quantitative estimate of drug-likeness (QED) is 0.920. The van der Waals surface area contributed by atoms with Gasteiger partial charge in [-0.2, -0.15) is 5.10 Å². The van der Waals surface area contributed by atoms with E-state index in [0.29, 0.717) is 5.41 Å². The zero-order valence-electron chi connectivity index (χ0n) is 11.8. The van der Waals surface area contributed by atoms with Gasteiger partial charge in [-0.15, -0.1) is 12.4 Å². The molecule has 19 heavy (non-hydrogen) atoms. The number of nitrogens with one attached hydrogen (secondary N) is 1. The molecule has 0 saturated carbocycles. The van der Waals surface area contributed by atoms with E-state index in [2.05, 4.69) is 28.4 Å². The average molecular weight is 285 g/mol. The van der Waals surface area contributed by atoms with Crippen LogP contribution >= 0.6 is 12.4 Å². The lowest BCUT2D eigenvalue weighted by Gasteiger charge is -2.33. The fraction of sp³-hybridized carbons (Fsp3) is 0.786. The van der Waals surface area contributed by atoms with Crippen molar-refractivity contribution in [2.24, 2.45) is 5.41 Å². The summed E-state index contributed by atoms with van der Waals surface area (Å²) in [6, 6.07) is 0. The van der Waals surface area contributed by atoms with Crippen molar-refractivity contribution >= 4 is 12.4 Å². The zero-order chi connectivity index (χ0) is 12.4. The smallest absolute Gasteiger partial charge is 0.0534 e. The molecule has 2 aliphatic rings. The minimum absolute atomic E-state index is 0. The Balaban J connectivity index is 0.00000133. The van der Waals surface area contributed by atoms with Crippen molar-refractivity contribution in [3.63, 3.8) is 0 Å². The number of nitrogens with zero attached hydrogens (tertiary/aromatic N) is 3. The van der Waals surface area contributed by atoms with Gasteiger partial charge in [-0.3, -0.25) is 9.58 Å². The summed E-state index contributed by atoms with van der Waals surface area (Å²) in [4.78, 5) is 2.61. The van der Waals surface area contributed by atoms with E-state index in [1.165, 1.54) is 51.0 Å². The van der Waals surface area contributed by atoms with Crippen LogP contribution in [-0.2, 0) is 13.1 Å². The molecule has 0 amide bonds. The van der Waals surface area contributed by atoms with E-state index in [1.54, 1.807) is 0 Å². The van der Waals surface area contributed by atoms with Crippen LogP contribution in [0.1, 0.15) is 31.7 Å². The molecule has 2 fully saturated rings. The van der Waals surface area contributed by atoms with Crippen molar-refractivity contribution in [3.05, 3.63) is 18.0 Å². The van der Waals surface area contributed by atoms with Crippen molar-refractivity contribution in [3.8, 4) is 0 Å². The highest BCUT2D eigenvalue weighted by atomic mass is 35.5. The SMILES string of the molecule is CCn1cc(CN2CCC3(CCNCC3)C2)cn1.Cl. The van der Waals surface area contributed by atoms with E-state index in [0.717, 1.165) is 13.1 Å². The van der Waals surface area contributed by atoms with Gasteiger partial charge in [0.25, 0.3) is 0 Å². The molecule has 2 aliphatic heterocycles. The second-order valence-corrected chi connectivity index (χ2v) is 5.91. The molecule has 1 aromatic heterocycles. The van der Waals surface area contributed by atoms with E-state index >= 15 is 0 Å². The lowest BCUT2D eigenvalue weighted by Crippen LogP contribution is -2.38. The van der Waals surface area contributed by atoms with Crippen LogP contribution in [0.15, 0.2) is 12.4 Å². The van der Waals surface area contributed by atoms with Crippen molar-refractivity contribution in [2.75, 3.05) is 26.2 Å². The minimum Gasteiger partial charge on any atom is -0.317 e. The third-order valence-electron chi connectivity index (χ3n) is 4.60.